The first-order valence-corrected chi connectivity index (χ1v) is 5.30. The molecule has 0 aromatic heterocycles. The molecular formula is C12H23NO2. The van der Waals surface area contributed by atoms with E-state index in [4.69, 9.17) is 4.74 Å². The SMILES string of the molecule is CC(C)=CCCN(C)C(=O)OC(C)(C)C. The summed E-state index contributed by atoms with van der Waals surface area (Å²) in [6.07, 6.45) is 2.73. The van der Waals surface area contributed by atoms with E-state index in [1.807, 2.05) is 34.6 Å². The van der Waals surface area contributed by atoms with Crippen LogP contribution in [0.3, 0.4) is 0 Å². The highest BCUT2D eigenvalue weighted by Crippen LogP contribution is 2.09. The number of nitrogens with zero attached hydrogens (tertiary/aromatic N) is 1. The average Bonchev–Trinajstić information content (AvgIpc) is 1.99. The molecule has 0 spiro atoms. The summed E-state index contributed by atoms with van der Waals surface area (Å²) in [5.74, 6) is 0. The Bertz CT molecular complexity index is 234. The first-order valence-electron chi connectivity index (χ1n) is 5.30. The molecule has 0 aliphatic heterocycles. The minimum Gasteiger partial charge on any atom is -0.444 e. The molecule has 0 saturated heterocycles. The van der Waals surface area contributed by atoms with E-state index in [-0.39, 0.29) is 6.09 Å². The Morgan fingerprint density at radius 3 is 2.27 bits per heavy atom. The van der Waals surface area contributed by atoms with E-state index in [9.17, 15) is 4.79 Å². The van der Waals surface area contributed by atoms with Crippen LogP contribution in [0.5, 0.6) is 0 Å². The quantitative estimate of drug-likeness (QED) is 0.674. The molecule has 0 unspecified atom stereocenters. The normalized spacial score (nSPS) is 10.8. The Morgan fingerprint density at radius 2 is 1.87 bits per heavy atom. The molecule has 0 aliphatic rings. The molecule has 15 heavy (non-hydrogen) atoms. The molecule has 3 nitrogen and oxygen atoms in total. The lowest BCUT2D eigenvalue weighted by molar-refractivity contribution is 0.0301. The zero-order valence-electron chi connectivity index (χ0n) is 10.8. The molecule has 3 heteroatoms. The topological polar surface area (TPSA) is 29.5 Å². The van der Waals surface area contributed by atoms with Gasteiger partial charge in [0.2, 0.25) is 0 Å². The first kappa shape index (κ1) is 14.0. The monoisotopic (exact) mass is 213 g/mol. The number of hydrogen-bond donors (Lipinski definition) is 0. The van der Waals surface area contributed by atoms with Crippen LogP contribution in [0.4, 0.5) is 4.79 Å². The third-order valence-electron chi connectivity index (χ3n) is 1.72. The summed E-state index contributed by atoms with van der Waals surface area (Å²) in [7, 11) is 1.76. The highest BCUT2D eigenvalue weighted by molar-refractivity contribution is 5.67. The van der Waals surface area contributed by atoms with Crippen LogP contribution < -0.4 is 0 Å². The zero-order valence-corrected chi connectivity index (χ0v) is 10.8. The van der Waals surface area contributed by atoms with Crippen LogP contribution in [0.2, 0.25) is 0 Å². The van der Waals surface area contributed by atoms with Crippen LogP contribution in [0, 0.1) is 0 Å². The number of allylic oxidation sites excluding steroid dienone is 1. The molecule has 0 rings (SSSR count). The Morgan fingerprint density at radius 1 is 1.33 bits per heavy atom. The van der Waals surface area contributed by atoms with Gasteiger partial charge in [0, 0.05) is 13.6 Å². The van der Waals surface area contributed by atoms with Crippen molar-refractivity contribution in [2.75, 3.05) is 13.6 Å². The van der Waals surface area contributed by atoms with E-state index in [1.165, 1.54) is 5.57 Å². The molecule has 0 atom stereocenters. The first-order chi connectivity index (χ1) is 6.72. The molecule has 0 aliphatic carbocycles. The zero-order chi connectivity index (χ0) is 12.1. The molecule has 0 heterocycles. The summed E-state index contributed by atoms with van der Waals surface area (Å²) in [5, 5.41) is 0. The standard InChI is InChI=1S/C12H23NO2/c1-10(2)8-7-9-13(6)11(14)15-12(3,4)5/h8H,7,9H2,1-6H3. The Kier molecular flexibility index (Phi) is 5.40. The van der Waals surface area contributed by atoms with Crippen LogP contribution in [0.25, 0.3) is 0 Å². The second-order valence-electron chi connectivity index (χ2n) is 4.97. The lowest BCUT2D eigenvalue weighted by Gasteiger charge is -2.24. The van der Waals surface area contributed by atoms with Gasteiger partial charge in [-0.15, -0.1) is 0 Å². The van der Waals surface area contributed by atoms with Crippen molar-refractivity contribution in [3.05, 3.63) is 11.6 Å². The van der Waals surface area contributed by atoms with Crippen molar-refractivity contribution in [2.24, 2.45) is 0 Å². The van der Waals surface area contributed by atoms with Gasteiger partial charge in [0.15, 0.2) is 0 Å². The maximum Gasteiger partial charge on any atom is 0.410 e. The molecule has 0 fully saturated rings. The van der Waals surface area contributed by atoms with E-state index in [0.717, 1.165) is 6.42 Å². The fraction of sp³-hybridized carbons (Fsp3) is 0.750. The molecule has 0 bridgehead atoms. The highest BCUT2D eigenvalue weighted by Gasteiger charge is 2.18. The van der Waals surface area contributed by atoms with Crippen LogP contribution in [0.15, 0.2) is 11.6 Å². The van der Waals surface area contributed by atoms with Gasteiger partial charge < -0.3 is 9.64 Å². The van der Waals surface area contributed by atoms with Gasteiger partial charge in [0.1, 0.15) is 5.60 Å². The smallest absolute Gasteiger partial charge is 0.410 e. The van der Waals surface area contributed by atoms with Gasteiger partial charge in [-0.25, -0.2) is 4.79 Å². The number of carbonyl (C=O) groups is 1. The number of ether oxygens (including phenoxy) is 1. The summed E-state index contributed by atoms with van der Waals surface area (Å²) in [5.41, 5.74) is 0.856. The minimum absolute atomic E-state index is 0.260. The second kappa shape index (κ2) is 5.79. The highest BCUT2D eigenvalue weighted by atomic mass is 16.6. The number of amides is 1. The van der Waals surface area contributed by atoms with Crippen molar-refractivity contribution in [3.8, 4) is 0 Å². The van der Waals surface area contributed by atoms with Gasteiger partial charge in [0.25, 0.3) is 0 Å². The van der Waals surface area contributed by atoms with Gasteiger partial charge in [-0.2, -0.15) is 0 Å². The molecule has 0 aromatic rings. The summed E-state index contributed by atoms with van der Waals surface area (Å²) in [6.45, 7) is 10.4. The van der Waals surface area contributed by atoms with Gasteiger partial charge in [-0.05, 0) is 41.0 Å². The molecular weight excluding hydrogens is 190 g/mol. The van der Waals surface area contributed by atoms with Crippen LogP contribution in [-0.2, 0) is 4.74 Å². The predicted molar refractivity (Wildman–Crippen MR) is 62.9 cm³/mol. The number of rotatable bonds is 3. The van der Waals surface area contributed by atoms with Crippen molar-refractivity contribution in [1.29, 1.82) is 0 Å². The third-order valence-corrected chi connectivity index (χ3v) is 1.72. The van der Waals surface area contributed by atoms with E-state index < -0.39 is 5.60 Å². The van der Waals surface area contributed by atoms with Crippen LogP contribution in [0.1, 0.15) is 41.0 Å². The molecule has 88 valence electrons. The maximum atomic E-state index is 11.5. The minimum atomic E-state index is -0.415. The number of carbonyl (C=O) groups excluding carboxylic acids is 1. The average molecular weight is 213 g/mol. The van der Waals surface area contributed by atoms with Gasteiger partial charge in [-0.1, -0.05) is 11.6 Å². The Hall–Kier alpha value is -0.990. The van der Waals surface area contributed by atoms with Crippen LogP contribution >= 0.6 is 0 Å². The summed E-state index contributed by atoms with van der Waals surface area (Å²) in [4.78, 5) is 13.1. The van der Waals surface area contributed by atoms with Gasteiger partial charge in [0.05, 0.1) is 0 Å². The predicted octanol–water partition coefficient (Wildman–Crippen LogP) is 3.21. The van der Waals surface area contributed by atoms with E-state index in [2.05, 4.69) is 6.08 Å². The molecule has 0 aromatic carbocycles. The van der Waals surface area contributed by atoms with E-state index in [0.29, 0.717) is 6.54 Å². The van der Waals surface area contributed by atoms with Crippen molar-refractivity contribution >= 4 is 6.09 Å². The van der Waals surface area contributed by atoms with Crippen molar-refractivity contribution in [3.63, 3.8) is 0 Å². The summed E-state index contributed by atoms with van der Waals surface area (Å²) in [6, 6.07) is 0. The Balaban J connectivity index is 3.95. The largest absolute Gasteiger partial charge is 0.444 e. The number of hydrogen-bond acceptors (Lipinski definition) is 2. The van der Waals surface area contributed by atoms with Gasteiger partial charge in [-0.3, -0.25) is 0 Å². The van der Waals surface area contributed by atoms with Crippen LogP contribution in [-0.4, -0.2) is 30.2 Å². The maximum absolute atomic E-state index is 11.5. The molecule has 0 N–H and O–H groups in total. The second-order valence-corrected chi connectivity index (χ2v) is 4.97. The fourth-order valence-corrected chi connectivity index (χ4v) is 0.978. The lowest BCUT2D eigenvalue weighted by atomic mass is 10.2. The summed E-state index contributed by atoms with van der Waals surface area (Å²) >= 11 is 0. The van der Waals surface area contributed by atoms with Crippen molar-refractivity contribution in [2.45, 2.75) is 46.6 Å². The lowest BCUT2D eigenvalue weighted by Crippen LogP contribution is -2.34. The Labute approximate surface area is 93.1 Å². The molecule has 0 saturated carbocycles. The summed E-state index contributed by atoms with van der Waals surface area (Å²) < 4.78 is 5.22. The fourth-order valence-electron chi connectivity index (χ4n) is 0.978. The molecule has 0 radical (unpaired) electrons. The van der Waals surface area contributed by atoms with Crippen molar-refractivity contribution < 1.29 is 9.53 Å². The molecule has 1 amide bonds. The van der Waals surface area contributed by atoms with E-state index >= 15 is 0 Å². The van der Waals surface area contributed by atoms with E-state index in [1.54, 1.807) is 11.9 Å². The third kappa shape index (κ3) is 8.03. The van der Waals surface area contributed by atoms with Crippen molar-refractivity contribution in [1.82, 2.24) is 4.90 Å². The van der Waals surface area contributed by atoms with Gasteiger partial charge >= 0.3 is 6.09 Å².